The summed E-state index contributed by atoms with van der Waals surface area (Å²) in [5.74, 6) is -1.14. The highest BCUT2D eigenvalue weighted by Crippen LogP contribution is 2.23. The molecule has 2 aromatic heterocycles. The van der Waals surface area contributed by atoms with Crippen molar-refractivity contribution in [1.29, 1.82) is 0 Å². The van der Waals surface area contributed by atoms with Crippen LogP contribution in [0.5, 0.6) is 0 Å². The van der Waals surface area contributed by atoms with Gasteiger partial charge in [-0.1, -0.05) is 13.8 Å². The number of carbonyl (C=O) groups is 1. The van der Waals surface area contributed by atoms with Gasteiger partial charge in [0.05, 0.1) is 11.6 Å². The van der Waals surface area contributed by atoms with Gasteiger partial charge in [-0.2, -0.15) is 0 Å². The molecule has 94 valence electrons. The minimum absolute atomic E-state index is 0.297. The summed E-state index contributed by atoms with van der Waals surface area (Å²) in [4.78, 5) is 23.8. The Hall–Kier alpha value is -2.04. The third-order valence-corrected chi connectivity index (χ3v) is 2.72. The van der Waals surface area contributed by atoms with Crippen LogP contribution in [0.4, 0.5) is 0 Å². The standard InChI is InChI=1S/C13H15N3O2/c1-8(2)7-9(13(17)18)10-3-4-11-12(16-10)15-6-5-14-11/h3-6,8-9H,7H2,1-2H3,(H,17,18). The number of fused-ring (bicyclic) bond motifs is 1. The normalized spacial score (nSPS) is 12.8. The molecule has 0 aliphatic heterocycles. The van der Waals surface area contributed by atoms with Gasteiger partial charge in [-0.25, -0.2) is 9.97 Å². The van der Waals surface area contributed by atoms with Gasteiger partial charge in [0.1, 0.15) is 5.52 Å². The average molecular weight is 245 g/mol. The van der Waals surface area contributed by atoms with E-state index in [-0.39, 0.29) is 0 Å². The minimum Gasteiger partial charge on any atom is -0.481 e. The summed E-state index contributed by atoms with van der Waals surface area (Å²) in [6, 6.07) is 3.49. The number of rotatable bonds is 4. The fourth-order valence-corrected chi connectivity index (χ4v) is 1.88. The first-order valence-corrected chi connectivity index (χ1v) is 5.88. The number of aliphatic carboxylic acids is 1. The minimum atomic E-state index is -0.848. The Balaban J connectivity index is 2.41. The lowest BCUT2D eigenvalue weighted by Gasteiger charge is -2.14. The van der Waals surface area contributed by atoms with Crippen molar-refractivity contribution in [3.8, 4) is 0 Å². The summed E-state index contributed by atoms with van der Waals surface area (Å²) in [6.45, 7) is 3.99. The molecule has 18 heavy (non-hydrogen) atoms. The summed E-state index contributed by atoms with van der Waals surface area (Å²) in [7, 11) is 0. The van der Waals surface area contributed by atoms with Crippen molar-refractivity contribution in [2.75, 3.05) is 0 Å². The van der Waals surface area contributed by atoms with Crippen LogP contribution in [-0.2, 0) is 4.79 Å². The summed E-state index contributed by atoms with van der Waals surface area (Å²) in [5, 5.41) is 9.27. The van der Waals surface area contributed by atoms with Gasteiger partial charge < -0.3 is 5.11 Å². The lowest BCUT2D eigenvalue weighted by atomic mass is 9.94. The van der Waals surface area contributed by atoms with Gasteiger partial charge in [-0.15, -0.1) is 0 Å². The summed E-state index contributed by atoms with van der Waals surface area (Å²) >= 11 is 0. The number of carboxylic acid groups (broad SMARTS) is 1. The second-order valence-electron chi connectivity index (χ2n) is 4.66. The molecule has 0 aromatic carbocycles. The van der Waals surface area contributed by atoms with Crippen LogP contribution >= 0.6 is 0 Å². The second kappa shape index (κ2) is 5.08. The molecule has 1 atom stereocenters. The molecule has 0 fully saturated rings. The van der Waals surface area contributed by atoms with E-state index in [0.717, 1.165) is 0 Å². The van der Waals surface area contributed by atoms with Crippen LogP contribution in [0.25, 0.3) is 11.2 Å². The maximum absolute atomic E-state index is 11.3. The Kier molecular flexibility index (Phi) is 3.50. The molecule has 2 rings (SSSR count). The highest BCUT2D eigenvalue weighted by molar-refractivity contribution is 5.77. The molecule has 0 saturated heterocycles. The van der Waals surface area contributed by atoms with E-state index < -0.39 is 11.9 Å². The van der Waals surface area contributed by atoms with E-state index in [9.17, 15) is 9.90 Å². The number of pyridine rings is 1. The molecule has 2 heterocycles. The van der Waals surface area contributed by atoms with Gasteiger partial charge in [-0.3, -0.25) is 9.78 Å². The van der Waals surface area contributed by atoms with Crippen LogP contribution in [0, 0.1) is 5.92 Å². The summed E-state index contributed by atoms with van der Waals surface area (Å²) < 4.78 is 0. The van der Waals surface area contributed by atoms with Gasteiger partial charge in [0.25, 0.3) is 0 Å². The monoisotopic (exact) mass is 245 g/mol. The maximum atomic E-state index is 11.3. The predicted octanol–water partition coefficient (Wildman–Crippen LogP) is 2.24. The quantitative estimate of drug-likeness (QED) is 0.893. The molecule has 0 saturated carbocycles. The van der Waals surface area contributed by atoms with E-state index in [4.69, 9.17) is 0 Å². The van der Waals surface area contributed by atoms with Crippen molar-refractivity contribution < 1.29 is 9.90 Å². The first-order chi connectivity index (χ1) is 8.58. The van der Waals surface area contributed by atoms with Crippen molar-refractivity contribution in [3.05, 3.63) is 30.2 Å². The van der Waals surface area contributed by atoms with E-state index in [1.807, 2.05) is 13.8 Å². The van der Waals surface area contributed by atoms with Gasteiger partial charge in [-0.05, 0) is 24.5 Å². The Labute approximate surface area is 105 Å². The van der Waals surface area contributed by atoms with Crippen molar-refractivity contribution in [3.63, 3.8) is 0 Å². The first-order valence-electron chi connectivity index (χ1n) is 5.88. The Morgan fingerprint density at radius 2 is 2.00 bits per heavy atom. The molecule has 1 unspecified atom stereocenters. The van der Waals surface area contributed by atoms with Gasteiger partial charge in [0.15, 0.2) is 5.65 Å². The number of nitrogens with zero attached hydrogens (tertiary/aromatic N) is 3. The fraction of sp³-hybridized carbons (Fsp3) is 0.385. The highest BCUT2D eigenvalue weighted by Gasteiger charge is 2.22. The van der Waals surface area contributed by atoms with E-state index in [1.165, 1.54) is 0 Å². The van der Waals surface area contributed by atoms with Crippen LogP contribution in [0.15, 0.2) is 24.5 Å². The first kappa shape index (κ1) is 12.4. The van der Waals surface area contributed by atoms with Crippen molar-refractivity contribution >= 4 is 17.1 Å². The Morgan fingerprint density at radius 3 is 2.67 bits per heavy atom. The fourth-order valence-electron chi connectivity index (χ4n) is 1.88. The van der Waals surface area contributed by atoms with Crippen LogP contribution < -0.4 is 0 Å². The van der Waals surface area contributed by atoms with E-state index in [0.29, 0.717) is 29.2 Å². The van der Waals surface area contributed by atoms with Gasteiger partial charge in [0, 0.05) is 12.4 Å². The average Bonchev–Trinajstić information content (AvgIpc) is 2.35. The molecule has 0 amide bonds. The lowest BCUT2D eigenvalue weighted by molar-refractivity contribution is -0.139. The van der Waals surface area contributed by atoms with E-state index >= 15 is 0 Å². The number of carboxylic acids is 1. The van der Waals surface area contributed by atoms with Crippen LogP contribution in [0.1, 0.15) is 31.9 Å². The zero-order valence-electron chi connectivity index (χ0n) is 10.4. The number of hydrogen-bond acceptors (Lipinski definition) is 4. The smallest absolute Gasteiger partial charge is 0.312 e. The summed E-state index contributed by atoms with van der Waals surface area (Å²) in [5.41, 5.74) is 1.71. The molecule has 0 bridgehead atoms. The van der Waals surface area contributed by atoms with Crippen molar-refractivity contribution in [2.24, 2.45) is 5.92 Å². The molecule has 1 N–H and O–H groups in total. The molecular weight excluding hydrogens is 230 g/mol. The Morgan fingerprint density at radius 1 is 1.28 bits per heavy atom. The predicted molar refractivity (Wildman–Crippen MR) is 67.2 cm³/mol. The molecule has 0 radical (unpaired) electrons. The number of aromatic nitrogens is 3. The topological polar surface area (TPSA) is 76.0 Å². The maximum Gasteiger partial charge on any atom is 0.312 e. The highest BCUT2D eigenvalue weighted by atomic mass is 16.4. The van der Waals surface area contributed by atoms with Crippen molar-refractivity contribution in [1.82, 2.24) is 15.0 Å². The lowest BCUT2D eigenvalue weighted by Crippen LogP contribution is -2.15. The SMILES string of the molecule is CC(C)CC(C(=O)O)c1ccc2nccnc2n1. The molecule has 0 aliphatic rings. The van der Waals surface area contributed by atoms with Crippen LogP contribution in [-0.4, -0.2) is 26.0 Å². The molecule has 2 aromatic rings. The molecule has 0 aliphatic carbocycles. The molecular formula is C13H15N3O2. The van der Waals surface area contributed by atoms with E-state index in [2.05, 4.69) is 15.0 Å². The van der Waals surface area contributed by atoms with Gasteiger partial charge in [0.2, 0.25) is 0 Å². The zero-order chi connectivity index (χ0) is 13.1. The molecule has 5 nitrogen and oxygen atoms in total. The molecule has 5 heteroatoms. The van der Waals surface area contributed by atoms with Crippen LogP contribution in [0.3, 0.4) is 0 Å². The third kappa shape index (κ3) is 2.61. The zero-order valence-corrected chi connectivity index (χ0v) is 10.4. The number of hydrogen-bond donors (Lipinski definition) is 1. The molecule has 0 spiro atoms. The summed E-state index contributed by atoms with van der Waals surface area (Å²) in [6.07, 6.45) is 3.71. The van der Waals surface area contributed by atoms with Crippen molar-refractivity contribution in [2.45, 2.75) is 26.2 Å². The van der Waals surface area contributed by atoms with Gasteiger partial charge >= 0.3 is 5.97 Å². The second-order valence-corrected chi connectivity index (χ2v) is 4.66. The van der Waals surface area contributed by atoms with Crippen LogP contribution in [0.2, 0.25) is 0 Å². The third-order valence-electron chi connectivity index (χ3n) is 2.72. The Bertz CT molecular complexity index is 569. The van der Waals surface area contributed by atoms with E-state index in [1.54, 1.807) is 24.5 Å². The largest absolute Gasteiger partial charge is 0.481 e.